The largest absolute Gasteiger partial charge is 0.313 e. The lowest BCUT2D eigenvalue weighted by atomic mass is 10.1. The molecular formula is C10H20N2. The average Bonchev–Trinajstić information content (AvgIpc) is 2.56. The molecule has 1 fully saturated rings. The van der Waals surface area contributed by atoms with Crippen molar-refractivity contribution in [2.24, 2.45) is 5.92 Å². The second-order valence-corrected chi connectivity index (χ2v) is 2.83. The molecule has 1 aliphatic carbocycles. The first-order valence-electron chi connectivity index (χ1n) is 5.01. The van der Waals surface area contributed by atoms with Crippen molar-refractivity contribution < 1.29 is 0 Å². The minimum atomic E-state index is 0.278. The quantitative estimate of drug-likeness (QED) is 0.687. The normalized spacial score (nSPS) is 27.2. The van der Waals surface area contributed by atoms with E-state index in [0.29, 0.717) is 6.04 Å². The Morgan fingerprint density at radius 2 is 2.08 bits per heavy atom. The van der Waals surface area contributed by atoms with Gasteiger partial charge in [0.15, 0.2) is 0 Å². The summed E-state index contributed by atoms with van der Waals surface area (Å²) in [5.41, 5.74) is 0. The molecule has 2 heteroatoms. The van der Waals surface area contributed by atoms with Gasteiger partial charge in [0.25, 0.3) is 0 Å². The van der Waals surface area contributed by atoms with E-state index >= 15 is 0 Å². The maximum atomic E-state index is 8.67. The number of hydrogen-bond donors (Lipinski definition) is 1. The maximum Gasteiger partial charge on any atom is 0.0672 e. The molecule has 2 nitrogen and oxygen atoms in total. The van der Waals surface area contributed by atoms with Gasteiger partial charge in [-0.1, -0.05) is 27.2 Å². The molecule has 70 valence electrons. The van der Waals surface area contributed by atoms with Gasteiger partial charge in [0.2, 0.25) is 0 Å². The van der Waals surface area contributed by atoms with Crippen LogP contribution in [0.5, 0.6) is 0 Å². The van der Waals surface area contributed by atoms with Gasteiger partial charge in [-0.2, -0.15) is 5.26 Å². The van der Waals surface area contributed by atoms with Gasteiger partial charge in [-0.05, 0) is 19.4 Å². The highest BCUT2D eigenvalue weighted by Crippen LogP contribution is 2.24. The fraction of sp³-hybridized carbons (Fsp3) is 0.900. The number of nitriles is 1. The van der Waals surface area contributed by atoms with Crippen LogP contribution >= 0.6 is 0 Å². The number of nitrogens with one attached hydrogen (secondary N) is 1. The molecule has 0 aromatic rings. The maximum absolute atomic E-state index is 8.67. The molecule has 0 spiro atoms. The monoisotopic (exact) mass is 168 g/mol. The molecule has 1 N–H and O–H groups in total. The van der Waals surface area contributed by atoms with Gasteiger partial charge in [-0.3, -0.25) is 0 Å². The van der Waals surface area contributed by atoms with Crippen LogP contribution in [0.2, 0.25) is 0 Å². The third-order valence-corrected chi connectivity index (χ3v) is 2.15. The second kappa shape index (κ2) is 7.12. The second-order valence-electron chi connectivity index (χ2n) is 2.83. The first kappa shape index (κ1) is 11.4. The Bertz CT molecular complexity index is 137. The van der Waals surface area contributed by atoms with Crippen LogP contribution in [0.4, 0.5) is 0 Å². The lowest BCUT2D eigenvalue weighted by molar-refractivity contribution is 0.478. The van der Waals surface area contributed by atoms with Crippen LogP contribution < -0.4 is 5.32 Å². The molecule has 2 atom stereocenters. The van der Waals surface area contributed by atoms with Crippen LogP contribution in [0.1, 0.15) is 40.0 Å². The van der Waals surface area contributed by atoms with Gasteiger partial charge in [-0.25, -0.2) is 0 Å². The van der Waals surface area contributed by atoms with Crippen molar-refractivity contribution >= 4 is 0 Å². The topological polar surface area (TPSA) is 35.8 Å². The van der Waals surface area contributed by atoms with E-state index in [-0.39, 0.29) is 5.92 Å². The molecule has 0 radical (unpaired) electrons. The summed E-state index contributed by atoms with van der Waals surface area (Å²) < 4.78 is 0. The molecule has 0 saturated heterocycles. The third-order valence-electron chi connectivity index (χ3n) is 2.15. The summed E-state index contributed by atoms with van der Waals surface area (Å²) in [6.45, 7) is 7.08. The van der Waals surface area contributed by atoms with Crippen molar-refractivity contribution in [3.05, 3.63) is 0 Å². The number of hydrogen-bond acceptors (Lipinski definition) is 2. The van der Waals surface area contributed by atoms with E-state index in [1.54, 1.807) is 0 Å². The highest BCUT2D eigenvalue weighted by Gasteiger charge is 2.25. The van der Waals surface area contributed by atoms with Crippen LogP contribution in [0.3, 0.4) is 0 Å². The van der Waals surface area contributed by atoms with E-state index < -0.39 is 0 Å². The first-order valence-corrected chi connectivity index (χ1v) is 5.01. The van der Waals surface area contributed by atoms with E-state index in [1.165, 1.54) is 12.8 Å². The average molecular weight is 168 g/mol. The van der Waals surface area contributed by atoms with Crippen molar-refractivity contribution in [3.63, 3.8) is 0 Å². The van der Waals surface area contributed by atoms with Crippen molar-refractivity contribution in [1.29, 1.82) is 5.26 Å². The Labute approximate surface area is 76.0 Å². The lowest BCUT2D eigenvalue weighted by Crippen LogP contribution is -2.31. The summed E-state index contributed by atoms with van der Waals surface area (Å²) in [6, 6.07) is 2.82. The lowest BCUT2D eigenvalue weighted by Gasteiger charge is -2.12. The van der Waals surface area contributed by atoms with Crippen LogP contribution in [0, 0.1) is 17.2 Å². The minimum Gasteiger partial charge on any atom is -0.313 e. The Morgan fingerprint density at radius 1 is 1.42 bits per heavy atom. The Kier molecular flexibility index (Phi) is 6.79. The first-order chi connectivity index (χ1) is 5.88. The molecule has 0 aromatic carbocycles. The van der Waals surface area contributed by atoms with Crippen molar-refractivity contribution in [1.82, 2.24) is 5.32 Å². The van der Waals surface area contributed by atoms with Crippen LogP contribution in [-0.2, 0) is 0 Å². The van der Waals surface area contributed by atoms with Gasteiger partial charge >= 0.3 is 0 Å². The minimum absolute atomic E-state index is 0.278. The summed E-state index contributed by atoms with van der Waals surface area (Å²) in [5.74, 6) is 0.278. The fourth-order valence-electron chi connectivity index (χ4n) is 1.62. The summed E-state index contributed by atoms with van der Waals surface area (Å²) >= 11 is 0. The summed E-state index contributed by atoms with van der Waals surface area (Å²) in [7, 11) is 0. The number of rotatable bonds is 2. The predicted octanol–water partition coefficient (Wildman–Crippen LogP) is 2.31. The zero-order chi connectivity index (χ0) is 9.40. The van der Waals surface area contributed by atoms with E-state index in [9.17, 15) is 0 Å². The molecular weight excluding hydrogens is 148 g/mol. The molecule has 1 aliphatic rings. The van der Waals surface area contributed by atoms with Crippen LogP contribution in [0.15, 0.2) is 0 Å². The predicted molar refractivity (Wildman–Crippen MR) is 51.8 cm³/mol. The molecule has 12 heavy (non-hydrogen) atoms. The van der Waals surface area contributed by atoms with E-state index in [2.05, 4.69) is 18.3 Å². The van der Waals surface area contributed by atoms with Gasteiger partial charge in [0.05, 0.1) is 12.0 Å². The van der Waals surface area contributed by atoms with Gasteiger partial charge in [0.1, 0.15) is 0 Å². The van der Waals surface area contributed by atoms with Gasteiger partial charge in [-0.15, -0.1) is 0 Å². The van der Waals surface area contributed by atoms with Crippen molar-refractivity contribution in [2.45, 2.75) is 46.1 Å². The summed E-state index contributed by atoms with van der Waals surface area (Å²) in [6.07, 6.45) is 3.50. The molecule has 0 aromatic heterocycles. The molecule has 0 bridgehead atoms. The summed E-state index contributed by atoms with van der Waals surface area (Å²) in [4.78, 5) is 0. The summed E-state index contributed by atoms with van der Waals surface area (Å²) in [5, 5.41) is 12.0. The molecule has 0 amide bonds. The zero-order valence-electron chi connectivity index (χ0n) is 8.43. The Hall–Kier alpha value is -0.550. The molecule has 0 heterocycles. The third kappa shape index (κ3) is 3.23. The Balaban J connectivity index is 0.000000561. The standard InChI is InChI=1S/C8H14N2.C2H6/c1-2-10-8-5-3-4-7(8)6-9;1-2/h7-8,10H,2-5H2,1H3;1-2H3. The van der Waals surface area contributed by atoms with Crippen LogP contribution in [0.25, 0.3) is 0 Å². The van der Waals surface area contributed by atoms with Gasteiger partial charge < -0.3 is 5.32 Å². The SMILES string of the molecule is CC.CCNC1CCCC1C#N. The van der Waals surface area contributed by atoms with E-state index in [0.717, 1.165) is 13.0 Å². The van der Waals surface area contributed by atoms with E-state index in [1.807, 2.05) is 13.8 Å². The molecule has 1 rings (SSSR count). The highest BCUT2D eigenvalue weighted by molar-refractivity contribution is 4.96. The number of nitrogens with zero attached hydrogens (tertiary/aromatic N) is 1. The van der Waals surface area contributed by atoms with E-state index in [4.69, 9.17) is 5.26 Å². The van der Waals surface area contributed by atoms with Crippen molar-refractivity contribution in [2.75, 3.05) is 6.54 Å². The molecule has 1 saturated carbocycles. The highest BCUT2D eigenvalue weighted by atomic mass is 14.9. The molecule has 0 aliphatic heterocycles. The molecule has 2 unspecified atom stereocenters. The van der Waals surface area contributed by atoms with Crippen LogP contribution in [-0.4, -0.2) is 12.6 Å². The smallest absolute Gasteiger partial charge is 0.0672 e. The Morgan fingerprint density at radius 3 is 2.58 bits per heavy atom. The fourth-order valence-corrected chi connectivity index (χ4v) is 1.62. The van der Waals surface area contributed by atoms with Gasteiger partial charge in [0, 0.05) is 6.04 Å². The van der Waals surface area contributed by atoms with Crippen molar-refractivity contribution in [3.8, 4) is 6.07 Å². The zero-order valence-corrected chi connectivity index (χ0v) is 8.43.